The van der Waals surface area contributed by atoms with Crippen molar-refractivity contribution in [2.75, 3.05) is 0 Å². The molecule has 65 heavy (non-hydrogen) atoms. The van der Waals surface area contributed by atoms with Crippen LogP contribution in [0.2, 0.25) is 0 Å². The number of pyridine rings is 2. The van der Waals surface area contributed by atoms with Gasteiger partial charge in [-0.05, 0) is 70.1 Å². The van der Waals surface area contributed by atoms with Crippen LogP contribution in [0, 0.1) is 0 Å². The first-order chi connectivity index (χ1) is 32.3. The molecule has 0 amide bonds. The minimum Gasteiger partial charge on any atom is -0.308 e. The number of hydrogen-bond acceptors (Lipinski definition) is 2. The summed E-state index contributed by atoms with van der Waals surface area (Å²) >= 11 is 0. The zero-order valence-corrected chi connectivity index (χ0v) is 35.9. The van der Waals surface area contributed by atoms with Gasteiger partial charge < -0.3 is 8.97 Å². The smallest absolute Gasteiger partial charge is 0.162 e. The van der Waals surface area contributed by atoms with Crippen molar-refractivity contribution in [1.29, 1.82) is 0 Å². The van der Waals surface area contributed by atoms with E-state index >= 15 is 0 Å². The Balaban J connectivity index is 0.000000143. The van der Waals surface area contributed by atoms with E-state index in [0.29, 0.717) is 5.82 Å². The molecule has 13 aromatic rings. The molecule has 0 spiro atoms. The molecule has 306 valence electrons. The third-order valence-electron chi connectivity index (χ3n) is 13.2. The maximum atomic E-state index is 5.27. The Bertz CT molecular complexity index is 4240. The number of aromatic nitrogens is 5. The summed E-state index contributed by atoms with van der Waals surface area (Å²) in [5.41, 5.74) is 11.5. The van der Waals surface area contributed by atoms with E-state index in [1.54, 1.807) is 0 Å². The lowest BCUT2D eigenvalue weighted by Crippen LogP contribution is -2.13. The van der Waals surface area contributed by atoms with E-state index in [-0.39, 0.29) is 0 Å². The fraction of sp³-hybridized carbons (Fsp3) is 0.0333. The van der Waals surface area contributed by atoms with E-state index in [1.165, 1.54) is 81.6 Å². The summed E-state index contributed by atoms with van der Waals surface area (Å²) in [6.45, 7) is 4.00. The highest BCUT2D eigenvalue weighted by atomic mass is 15.1. The summed E-state index contributed by atoms with van der Waals surface area (Å²) in [4.78, 5) is 10.3. The van der Waals surface area contributed by atoms with Crippen LogP contribution in [0.4, 0.5) is 0 Å². The maximum absolute atomic E-state index is 5.27. The number of rotatable bonds is 2. The molecule has 0 aliphatic carbocycles. The first-order valence-electron chi connectivity index (χ1n) is 22.5. The van der Waals surface area contributed by atoms with Crippen molar-refractivity contribution in [1.82, 2.24) is 23.5 Å². The molecule has 10 aromatic carbocycles. The summed E-state index contributed by atoms with van der Waals surface area (Å²) in [7, 11) is 0. The van der Waals surface area contributed by atoms with Gasteiger partial charge in [0.25, 0.3) is 0 Å². The van der Waals surface area contributed by atoms with E-state index in [2.05, 4.69) is 202 Å². The van der Waals surface area contributed by atoms with E-state index in [1.807, 2.05) is 38.1 Å². The maximum Gasteiger partial charge on any atom is 0.162 e. The lowest BCUT2D eigenvalue weighted by atomic mass is 9.97. The number of nitrogens with zero attached hydrogens (tertiary/aromatic N) is 5. The minimum absolute atomic E-state index is 0.717. The summed E-state index contributed by atoms with van der Waals surface area (Å²) in [5, 5.41) is 14.1. The molecule has 2 aliphatic heterocycles. The van der Waals surface area contributed by atoms with Crippen molar-refractivity contribution in [3.8, 4) is 22.9 Å². The molecule has 0 bridgehead atoms. The molecule has 0 unspecified atom stereocenters. The van der Waals surface area contributed by atoms with Gasteiger partial charge in [-0.1, -0.05) is 178 Å². The topological polar surface area (TPSA) is 40.0 Å². The number of fused-ring (bicyclic) bond motifs is 11. The van der Waals surface area contributed by atoms with Crippen LogP contribution in [-0.2, 0) is 0 Å². The molecule has 0 fully saturated rings. The van der Waals surface area contributed by atoms with Crippen LogP contribution in [0.15, 0.2) is 212 Å². The van der Waals surface area contributed by atoms with Gasteiger partial charge in [0.2, 0.25) is 0 Å². The molecule has 0 saturated carbocycles. The van der Waals surface area contributed by atoms with Gasteiger partial charge in [0, 0.05) is 43.3 Å². The van der Waals surface area contributed by atoms with E-state index in [4.69, 9.17) is 9.97 Å². The first kappa shape index (κ1) is 37.1. The number of hydrogen-bond donors (Lipinski definition) is 0. The Hall–Kier alpha value is -8.54. The largest absolute Gasteiger partial charge is 0.308 e. The molecular formula is C60H41N5. The van der Waals surface area contributed by atoms with Crippen LogP contribution in [-0.4, -0.2) is 23.5 Å². The molecule has 3 aromatic heterocycles. The monoisotopic (exact) mass is 831 g/mol. The average molecular weight is 832 g/mol. The molecule has 0 N–H and O–H groups in total. The summed E-state index contributed by atoms with van der Waals surface area (Å²) in [6, 6.07) is 75.7. The molecule has 0 radical (unpaired) electrons. The zero-order valence-electron chi connectivity index (χ0n) is 35.9. The van der Waals surface area contributed by atoms with Crippen molar-refractivity contribution in [3.05, 3.63) is 212 Å². The predicted octanol–water partition coefficient (Wildman–Crippen LogP) is 15.9. The van der Waals surface area contributed by atoms with Crippen molar-refractivity contribution < 1.29 is 0 Å². The van der Waals surface area contributed by atoms with Gasteiger partial charge in [-0.2, -0.15) is 0 Å². The predicted molar refractivity (Wildman–Crippen MR) is 275 cm³/mol. The Labute approximate surface area is 374 Å². The SMILES string of the molecule is CC.c1cc2ccc3c4ccccc4n4c5ccccc5c(c1)c2c34.c1ccc(-c2nc(-n3c4cccc5c4-n(c4cccc6cccc5c64)c4ccccc43)c3ccccc3n2)cc1. The second kappa shape index (κ2) is 14.5. The summed E-state index contributed by atoms with van der Waals surface area (Å²) in [6.07, 6.45) is 0. The molecule has 5 heteroatoms. The average Bonchev–Trinajstić information content (AvgIpc) is 3.73. The summed E-state index contributed by atoms with van der Waals surface area (Å²) < 4.78 is 7.21. The van der Waals surface area contributed by atoms with Crippen LogP contribution >= 0.6 is 0 Å². The highest BCUT2D eigenvalue weighted by molar-refractivity contribution is 6.28. The highest BCUT2D eigenvalue weighted by Gasteiger charge is 2.24. The zero-order chi connectivity index (χ0) is 43.2. The van der Waals surface area contributed by atoms with Gasteiger partial charge >= 0.3 is 0 Å². The van der Waals surface area contributed by atoms with Crippen molar-refractivity contribution >= 4 is 103 Å². The van der Waals surface area contributed by atoms with Gasteiger partial charge in [-0.15, -0.1) is 0 Å². The molecule has 15 rings (SSSR count). The number of benzene rings is 10. The minimum atomic E-state index is 0.717. The quantitative estimate of drug-likeness (QED) is 0.129. The molecule has 5 heterocycles. The van der Waals surface area contributed by atoms with E-state index in [9.17, 15) is 0 Å². The highest BCUT2D eigenvalue weighted by Crippen LogP contribution is 2.43. The van der Waals surface area contributed by atoms with Gasteiger partial charge in [-0.25, -0.2) is 9.97 Å². The third kappa shape index (κ3) is 5.33. The van der Waals surface area contributed by atoms with Gasteiger partial charge in [0.15, 0.2) is 5.82 Å². The fourth-order valence-electron chi connectivity index (χ4n) is 10.6. The van der Waals surface area contributed by atoms with E-state index < -0.39 is 0 Å². The Kier molecular flexibility index (Phi) is 8.27. The Morgan fingerprint density at radius 1 is 0.323 bits per heavy atom. The van der Waals surface area contributed by atoms with Crippen molar-refractivity contribution in [3.63, 3.8) is 0 Å². The molecule has 0 saturated heterocycles. The van der Waals surface area contributed by atoms with Crippen LogP contribution in [0.25, 0.3) is 126 Å². The fourth-order valence-corrected chi connectivity index (χ4v) is 10.6. The van der Waals surface area contributed by atoms with Crippen LogP contribution in [0.3, 0.4) is 0 Å². The van der Waals surface area contributed by atoms with Gasteiger partial charge in [0.1, 0.15) is 5.82 Å². The summed E-state index contributed by atoms with van der Waals surface area (Å²) in [5.74, 6) is 1.59. The van der Waals surface area contributed by atoms with E-state index in [0.717, 1.165) is 38.8 Å². The second-order valence-electron chi connectivity index (χ2n) is 16.5. The van der Waals surface area contributed by atoms with Crippen molar-refractivity contribution in [2.24, 2.45) is 0 Å². The number of para-hydroxylation sites is 6. The van der Waals surface area contributed by atoms with Crippen LogP contribution in [0.1, 0.15) is 13.8 Å². The second-order valence-corrected chi connectivity index (χ2v) is 16.5. The van der Waals surface area contributed by atoms with Gasteiger partial charge in [0.05, 0.1) is 49.8 Å². The molecule has 5 nitrogen and oxygen atoms in total. The lowest BCUT2D eigenvalue weighted by molar-refractivity contribution is 1.03. The van der Waals surface area contributed by atoms with Crippen molar-refractivity contribution in [2.45, 2.75) is 13.8 Å². The Morgan fingerprint density at radius 2 is 0.831 bits per heavy atom. The third-order valence-corrected chi connectivity index (χ3v) is 13.2. The Morgan fingerprint density at radius 3 is 1.57 bits per heavy atom. The lowest BCUT2D eigenvalue weighted by Gasteiger charge is -2.27. The first-order valence-corrected chi connectivity index (χ1v) is 22.5. The van der Waals surface area contributed by atoms with Gasteiger partial charge in [-0.3, -0.25) is 4.57 Å². The molecular weight excluding hydrogens is 791 g/mol. The van der Waals surface area contributed by atoms with Crippen LogP contribution in [0.5, 0.6) is 0 Å². The van der Waals surface area contributed by atoms with Crippen LogP contribution < -0.4 is 0 Å². The standard InChI is InChI=1S/C36H22N4.C22H13N.C2H6/c1-2-11-24(12-3-1)35-37-28-18-5-4-15-27(28)36(38-35)40-30-20-7-6-19-29(30)39-31-21-9-14-23-13-8-16-25(33(23)31)26-17-10-22-32(40)34(26)39;1-3-10-19-15(7-1)17-9-5-6-14-12-13-18-16-8-2-4-11-20(16)23(19)22(18)21(14)17;1-2/h1-22H;1-13H;1-2H3. The normalized spacial score (nSPS) is 11.8. The molecule has 2 aliphatic rings. The molecule has 0 atom stereocenters.